The molecule has 2 saturated heterocycles. The van der Waals surface area contributed by atoms with Crippen LogP contribution in [0.3, 0.4) is 0 Å². The van der Waals surface area contributed by atoms with Crippen LogP contribution in [0.25, 0.3) is 0 Å². The van der Waals surface area contributed by atoms with Crippen LogP contribution in [0.2, 0.25) is 0 Å². The minimum Gasteiger partial charge on any atom is -0.479 e. The van der Waals surface area contributed by atoms with E-state index in [1.165, 1.54) is 0 Å². The molecule has 3 rings (SSSR count). The Bertz CT molecular complexity index is 612. The van der Waals surface area contributed by atoms with Crippen molar-refractivity contribution < 1.29 is 24.2 Å². The first-order chi connectivity index (χ1) is 11.5. The highest BCUT2D eigenvalue weighted by molar-refractivity contribution is 9.10. The van der Waals surface area contributed by atoms with E-state index >= 15 is 0 Å². The second kappa shape index (κ2) is 7.21. The summed E-state index contributed by atoms with van der Waals surface area (Å²) in [5.74, 6) is -1.06. The monoisotopic (exact) mass is 397 g/mol. The molecular formula is C17H20BrNO5. The Morgan fingerprint density at radius 3 is 2.46 bits per heavy atom. The lowest BCUT2D eigenvalue weighted by atomic mass is 9.73. The normalized spacial score (nSPS) is 23.7. The van der Waals surface area contributed by atoms with Crippen LogP contribution in [0.4, 0.5) is 0 Å². The van der Waals surface area contributed by atoms with Crippen molar-refractivity contribution in [3.63, 3.8) is 0 Å². The largest absolute Gasteiger partial charge is 0.479 e. The molecule has 2 aliphatic heterocycles. The number of morpholine rings is 1. The summed E-state index contributed by atoms with van der Waals surface area (Å²) in [6, 6.07) is 7.78. The maximum atomic E-state index is 13.3. The van der Waals surface area contributed by atoms with Gasteiger partial charge in [0.15, 0.2) is 6.10 Å². The van der Waals surface area contributed by atoms with Gasteiger partial charge in [-0.2, -0.15) is 0 Å². The Kier molecular flexibility index (Phi) is 5.22. The highest BCUT2D eigenvalue weighted by Crippen LogP contribution is 2.37. The molecule has 6 nitrogen and oxygen atoms in total. The summed E-state index contributed by atoms with van der Waals surface area (Å²) in [7, 11) is 0. The number of rotatable bonds is 3. The molecule has 1 unspecified atom stereocenters. The maximum Gasteiger partial charge on any atom is 0.334 e. The number of hydrogen-bond acceptors (Lipinski definition) is 4. The Morgan fingerprint density at radius 1 is 1.17 bits per heavy atom. The SMILES string of the molecule is O=C(O)C1CN(C(=O)C2(c3ccc(Br)cc3)CCOCC2)CCO1. The van der Waals surface area contributed by atoms with Crippen LogP contribution in [0.15, 0.2) is 28.7 Å². The third-order valence-electron chi connectivity index (χ3n) is 4.78. The van der Waals surface area contributed by atoms with Gasteiger partial charge in [-0.1, -0.05) is 28.1 Å². The van der Waals surface area contributed by atoms with E-state index in [9.17, 15) is 14.7 Å². The second-order valence-electron chi connectivity index (χ2n) is 6.15. The van der Waals surface area contributed by atoms with E-state index in [0.717, 1.165) is 10.0 Å². The molecule has 2 fully saturated rings. The minimum absolute atomic E-state index is 0.0253. The summed E-state index contributed by atoms with van der Waals surface area (Å²) in [4.78, 5) is 26.2. The molecule has 1 N–H and O–H groups in total. The first-order valence-electron chi connectivity index (χ1n) is 8.00. The number of carbonyl (C=O) groups is 2. The molecule has 1 aromatic rings. The quantitative estimate of drug-likeness (QED) is 0.841. The lowest BCUT2D eigenvalue weighted by Gasteiger charge is -2.42. The number of halogens is 1. The van der Waals surface area contributed by atoms with Crippen molar-refractivity contribution in [1.82, 2.24) is 4.90 Å². The van der Waals surface area contributed by atoms with Gasteiger partial charge in [-0.05, 0) is 30.5 Å². The highest BCUT2D eigenvalue weighted by atomic mass is 79.9. The van der Waals surface area contributed by atoms with Crippen molar-refractivity contribution in [3.8, 4) is 0 Å². The second-order valence-corrected chi connectivity index (χ2v) is 7.07. The van der Waals surface area contributed by atoms with Crippen LogP contribution in [-0.2, 0) is 24.5 Å². The predicted molar refractivity (Wildman–Crippen MR) is 89.8 cm³/mol. The number of carbonyl (C=O) groups excluding carboxylic acids is 1. The zero-order chi connectivity index (χ0) is 17.2. The predicted octanol–water partition coefficient (Wildman–Crippen LogP) is 1.81. The van der Waals surface area contributed by atoms with E-state index in [4.69, 9.17) is 9.47 Å². The zero-order valence-corrected chi connectivity index (χ0v) is 14.8. The molecule has 130 valence electrons. The number of aliphatic carboxylic acids is 1. The van der Waals surface area contributed by atoms with Crippen LogP contribution in [0.1, 0.15) is 18.4 Å². The molecule has 2 heterocycles. The van der Waals surface area contributed by atoms with Gasteiger partial charge in [0, 0.05) is 24.2 Å². The molecule has 7 heteroatoms. The van der Waals surface area contributed by atoms with Gasteiger partial charge in [-0.15, -0.1) is 0 Å². The molecule has 0 spiro atoms. The molecule has 24 heavy (non-hydrogen) atoms. The third-order valence-corrected chi connectivity index (χ3v) is 5.31. The molecule has 2 aliphatic rings. The fourth-order valence-corrected chi connectivity index (χ4v) is 3.66. The Labute approximate surface area is 148 Å². The van der Waals surface area contributed by atoms with Crippen molar-refractivity contribution >= 4 is 27.8 Å². The van der Waals surface area contributed by atoms with Gasteiger partial charge in [0.05, 0.1) is 18.6 Å². The molecule has 0 bridgehead atoms. The fourth-order valence-electron chi connectivity index (χ4n) is 3.40. The average Bonchev–Trinajstić information content (AvgIpc) is 2.62. The molecular weight excluding hydrogens is 378 g/mol. The first kappa shape index (κ1) is 17.4. The molecule has 1 amide bonds. The van der Waals surface area contributed by atoms with E-state index in [0.29, 0.717) is 32.6 Å². The summed E-state index contributed by atoms with van der Waals surface area (Å²) in [6.07, 6.45) is 0.245. The zero-order valence-electron chi connectivity index (χ0n) is 13.2. The summed E-state index contributed by atoms with van der Waals surface area (Å²) in [6.45, 7) is 1.80. The van der Waals surface area contributed by atoms with Crippen molar-refractivity contribution in [2.24, 2.45) is 0 Å². The maximum absolute atomic E-state index is 13.3. The molecule has 0 radical (unpaired) electrons. The lowest BCUT2D eigenvalue weighted by Crippen LogP contribution is -2.56. The van der Waals surface area contributed by atoms with Crippen molar-refractivity contribution in [1.29, 1.82) is 0 Å². The minimum atomic E-state index is -1.03. The van der Waals surface area contributed by atoms with E-state index in [2.05, 4.69) is 15.9 Å². The Balaban J connectivity index is 1.89. The fraction of sp³-hybridized carbons (Fsp3) is 0.529. The molecule has 0 aliphatic carbocycles. The molecule has 0 saturated carbocycles. The number of ether oxygens (including phenoxy) is 2. The number of carboxylic acid groups (broad SMARTS) is 1. The van der Waals surface area contributed by atoms with Crippen LogP contribution in [0, 0.1) is 0 Å². The van der Waals surface area contributed by atoms with Gasteiger partial charge in [0.1, 0.15) is 0 Å². The van der Waals surface area contributed by atoms with Gasteiger partial charge in [-0.3, -0.25) is 4.79 Å². The lowest BCUT2D eigenvalue weighted by molar-refractivity contribution is -0.162. The van der Waals surface area contributed by atoms with Crippen molar-refractivity contribution in [2.75, 3.05) is 32.9 Å². The topological polar surface area (TPSA) is 76.1 Å². The van der Waals surface area contributed by atoms with Gasteiger partial charge in [-0.25, -0.2) is 4.79 Å². The van der Waals surface area contributed by atoms with E-state index in [-0.39, 0.29) is 19.1 Å². The standard InChI is InChI=1S/C17H20BrNO5/c18-13-3-1-12(2-4-13)17(5-8-23-9-6-17)16(22)19-7-10-24-14(11-19)15(20)21/h1-4,14H,5-11H2,(H,20,21). The van der Waals surface area contributed by atoms with Crippen molar-refractivity contribution in [3.05, 3.63) is 34.3 Å². The first-order valence-corrected chi connectivity index (χ1v) is 8.80. The van der Waals surface area contributed by atoms with Gasteiger partial charge >= 0.3 is 5.97 Å². The molecule has 1 aromatic carbocycles. The number of carboxylic acids is 1. The van der Waals surface area contributed by atoms with Crippen LogP contribution in [0.5, 0.6) is 0 Å². The van der Waals surface area contributed by atoms with Gasteiger partial charge < -0.3 is 19.5 Å². The smallest absolute Gasteiger partial charge is 0.334 e. The van der Waals surface area contributed by atoms with Crippen molar-refractivity contribution in [2.45, 2.75) is 24.4 Å². The number of benzene rings is 1. The van der Waals surface area contributed by atoms with Gasteiger partial charge in [0.25, 0.3) is 0 Å². The average molecular weight is 398 g/mol. The van der Waals surface area contributed by atoms with Crippen LogP contribution >= 0.6 is 15.9 Å². The number of nitrogens with zero attached hydrogens (tertiary/aromatic N) is 1. The summed E-state index contributed by atoms with van der Waals surface area (Å²) >= 11 is 3.42. The van der Waals surface area contributed by atoms with Crippen LogP contribution < -0.4 is 0 Å². The third kappa shape index (κ3) is 3.34. The summed E-state index contributed by atoms with van der Waals surface area (Å²) in [5, 5.41) is 9.17. The summed E-state index contributed by atoms with van der Waals surface area (Å²) < 4.78 is 11.7. The molecule has 1 atom stereocenters. The van der Waals surface area contributed by atoms with Crippen LogP contribution in [-0.4, -0.2) is 60.9 Å². The number of hydrogen-bond donors (Lipinski definition) is 1. The van der Waals surface area contributed by atoms with E-state index < -0.39 is 17.5 Å². The highest BCUT2D eigenvalue weighted by Gasteiger charge is 2.45. The Hall–Kier alpha value is -1.44. The molecule has 0 aromatic heterocycles. The summed E-state index contributed by atoms with van der Waals surface area (Å²) in [5.41, 5.74) is 0.302. The van der Waals surface area contributed by atoms with Gasteiger partial charge in [0.2, 0.25) is 5.91 Å². The van der Waals surface area contributed by atoms with E-state index in [1.807, 2.05) is 24.3 Å². The Morgan fingerprint density at radius 2 is 1.83 bits per heavy atom. The number of amides is 1. The van der Waals surface area contributed by atoms with E-state index in [1.54, 1.807) is 4.90 Å².